The van der Waals surface area contributed by atoms with Crippen LogP contribution in [0.2, 0.25) is 0 Å². The van der Waals surface area contributed by atoms with Crippen molar-refractivity contribution in [2.45, 2.75) is 39.0 Å². The normalized spacial score (nSPS) is 20.3. The zero-order chi connectivity index (χ0) is 21.1. The van der Waals surface area contributed by atoms with E-state index in [2.05, 4.69) is 15.6 Å². The number of carbonyl (C=O) groups is 2. The van der Waals surface area contributed by atoms with Crippen LogP contribution in [-0.4, -0.2) is 49.8 Å². The number of rotatable bonds is 6. The molecule has 11 heteroatoms. The Balaban J connectivity index is 1.42. The lowest BCUT2D eigenvalue weighted by molar-refractivity contribution is -0.122. The predicted molar refractivity (Wildman–Crippen MR) is 112 cm³/mol. The van der Waals surface area contributed by atoms with Crippen molar-refractivity contribution in [2.75, 3.05) is 17.3 Å². The molecule has 2 aliphatic heterocycles. The third-order valence-corrected chi connectivity index (χ3v) is 5.79. The molecule has 2 fully saturated rings. The van der Waals surface area contributed by atoms with E-state index in [1.165, 1.54) is 21.2 Å². The van der Waals surface area contributed by atoms with E-state index >= 15 is 0 Å². The highest BCUT2D eigenvalue weighted by Gasteiger charge is 2.30. The Morgan fingerprint density at radius 2 is 2.13 bits per heavy atom. The highest BCUT2D eigenvalue weighted by Crippen LogP contribution is 2.25. The lowest BCUT2D eigenvalue weighted by Crippen LogP contribution is -2.35. The number of hydrazone groups is 1. The van der Waals surface area contributed by atoms with Crippen molar-refractivity contribution in [3.63, 3.8) is 0 Å². The van der Waals surface area contributed by atoms with E-state index in [9.17, 15) is 14.4 Å². The van der Waals surface area contributed by atoms with Crippen molar-refractivity contribution in [3.8, 4) is 0 Å². The van der Waals surface area contributed by atoms with E-state index in [0.717, 1.165) is 17.5 Å². The van der Waals surface area contributed by atoms with Gasteiger partial charge in [0.25, 0.3) is 5.91 Å². The Morgan fingerprint density at radius 3 is 2.87 bits per heavy atom. The van der Waals surface area contributed by atoms with Gasteiger partial charge in [0.2, 0.25) is 5.91 Å². The monoisotopic (exact) mass is 430 g/mol. The third kappa shape index (κ3) is 4.31. The molecule has 2 amide bonds. The first-order chi connectivity index (χ1) is 14.5. The van der Waals surface area contributed by atoms with Gasteiger partial charge in [0.15, 0.2) is 5.17 Å². The van der Waals surface area contributed by atoms with Crippen LogP contribution in [0.25, 0.3) is 0 Å². The molecule has 0 spiro atoms. The molecule has 1 atom stereocenters. The minimum atomic E-state index is -0.501. The first-order valence-electron chi connectivity index (χ1n) is 9.66. The van der Waals surface area contributed by atoms with Crippen LogP contribution < -0.4 is 16.0 Å². The van der Waals surface area contributed by atoms with Gasteiger partial charge in [-0.05, 0) is 31.9 Å². The van der Waals surface area contributed by atoms with Crippen LogP contribution in [0.4, 0.5) is 5.69 Å². The van der Waals surface area contributed by atoms with E-state index in [1.807, 2.05) is 18.2 Å². The lowest BCUT2D eigenvalue weighted by Gasteiger charge is -2.15. The topological polar surface area (TPSA) is 111 Å². The first-order valence-corrected chi connectivity index (χ1v) is 10.6. The smallest absolute Gasteiger partial charge is 0.346 e. The second-order valence-corrected chi connectivity index (χ2v) is 7.96. The molecule has 0 radical (unpaired) electrons. The fraction of sp³-hybridized carbons (Fsp3) is 0.421. The maximum atomic E-state index is 12.6. The fourth-order valence-corrected chi connectivity index (χ4v) is 4.24. The van der Waals surface area contributed by atoms with Gasteiger partial charge in [-0.15, -0.1) is 5.10 Å². The second kappa shape index (κ2) is 8.84. The van der Waals surface area contributed by atoms with Gasteiger partial charge in [-0.2, -0.15) is 5.10 Å². The number of nitrogens with zero attached hydrogens (tertiary/aromatic N) is 5. The molecule has 4 rings (SSSR count). The van der Waals surface area contributed by atoms with Gasteiger partial charge in [-0.25, -0.2) is 14.9 Å². The van der Waals surface area contributed by atoms with Crippen LogP contribution in [0, 0.1) is 6.92 Å². The summed E-state index contributed by atoms with van der Waals surface area (Å²) in [6.07, 6.45) is 1.89. The summed E-state index contributed by atoms with van der Waals surface area (Å²) in [5.74, 6) is 0.163. The highest BCUT2D eigenvalue weighted by molar-refractivity contribution is 8.15. The largest absolute Gasteiger partial charge is 0.376 e. The third-order valence-electron chi connectivity index (χ3n) is 4.87. The van der Waals surface area contributed by atoms with Crippen LogP contribution in [-0.2, 0) is 27.4 Å². The van der Waals surface area contributed by atoms with Crippen LogP contribution in [0.5, 0.6) is 0 Å². The number of nitrogens with one attached hydrogen (secondary N) is 1. The average Bonchev–Trinajstić information content (AvgIpc) is 3.44. The molecule has 30 heavy (non-hydrogen) atoms. The van der Waals surface area contributed by atoms with Gasteiger partial charge < -0.3 is 4.74 Å². The van der Waals surface area contributed by atoms with Gasteiger partial charge in [0.1, 0.15) is 12.4 Å². The number of amides is 2. The zero-order valence-corrected chi connectivity index (χ0v) is 17.3. The number of aromatic nitrogens is 3. The van der Waals surface area contributed by atoms with Crippen molar-refractivity contribution in [1.82, 2.24) is 19.8 Å². The molecule has 10 nitrogen and oxygen atoms in total. The van der Waals surface area contributed by atoms with Crippen molar-refractivity contribution < 1.29 is 14.3 Å². The molecule has 1 aromatic carbocycles. The van der Waals surface area contributed by atoms with E-state index in [-0.39, 0.29) is 30.0 Å². The van der Waals surface area contributed by atoms with Gasteiger partial charge in [0.05, 0.1) is 24.1 Å². The molecule has 3 heterocycles. The summed E-state index contributed by atoms with van der Waals surface area (Å²) in [6.45, 7) is 2.59. The van der Waals surface area contributed by atoms with E-state index in [4.69, 9.17) is 4.74 Å². The molecule has 0 saturated carbocycles. The minimum Gasteiger partial charge on any atom is -0.376 e. The zero-order valence-electron chi connectivity index (χ0n) is 16.5. The van der Waals surface area contributed by atoms with Crippen molar-refractivity contribution in [3.05, 3.63) is 46.6 Å². The number of carbonyl (C=O) groups excluding carboxylic acids is 2. The Hall–Kier alpha value is -2.92. The second-order valence-electron chi connectivity index (χ2n) is 7.02. The summed E-state index contributed by atoms with van der Waals surface area (Å²) in [7, 11) is 0. The Bertz CT molecular complexity index is 1030. The molecule has 2 saturated heterocycles. The van der Waals surface area contributed by atoms with Crippen molar-refractivity contribution in [1.29, 1.82) is 0 Å². The number of hydrogen-bond acceptors (Lipinski definition) is 7. The standard InChI is InChI=1S/C19H22N6O4S/c1-13-22-24(19(28)23(13)10-15-8-5-9-29-15)11-16(26)20-21-18-25(17(27)12-30-18)14-6-3-2-4-7-14/h2-4,6-7,15H,5,8-12H2,1H3,(H,20,26). The number of benzene rings is 1. The summed E-state index contributed by atoms with van der Waals surface area (Å²) in [5, 5.41) is 8.65. The summed E-state index contributed by atoms with van der Waals surface area (Å²) in [6, 6.07) is 9.09. The van der Waals surface area contributed by atoms with E-state index < -0.39 is 5.91 Å². The minimum absolute atomic E-state index is 0.000162. The maximum Gasteiger partial charge on any atom is 0.346 e. The Morgan fingerprint density at radius 1 is 1.33 bits per heavy atom. The SMILES string of the molecule is Cc1nn(CC(=O)NN=C2SCC(=O)N2c2ccccc2)c(=O)n1CC1CCCO1. The highest BCUT2D eigenvalue weighted by atomic mass is 32.2. The number of hydrogen-bond donors (Lipinski definition) is 1. The number of aryl methyl sites for hydroxylation is 1. The van der Waals surface area contributed by atoms with Crippen LogP contribution >= 0.6 is 11.8 Å². The summed E-state index contributed by atoms with van der Waals surface area (Å²) in [4.78, 5) is 38.6. The van der Waals surface area contributed by atoms with E-state index in [0.29, 0.717) is 29.8 Å². The molecule has 0 aliphatic carbocycles. The molecule has 1 unspecified atom stereocenters. The van der Waals surface area contributed by atoms with Crippen molar-refractivity contribution >= 4 is 34.4 Å². The van der Waals surface area contributed by atoms with E-state index in [1.54, 1.807) is 19.1 Å². The van der Waals surface area contributed by atoms with Crippen LogP contribution in [0.3, 0.4) is 0 Å². The van der Waals surface area contributed by atoms with Crippen molar-refractivity contribution in [2.24, 2.45) is 5.10 Å². The molecule has 1 aromatic heterocycles. The number of anilines is 1. The molecule has 2 aromatic rings. The first kappa shape index (κ1) is 20.4. The van der Waals surface area contributed by atoms with Gasteiger partial charge in [-0.3, -0.25) is 19.1 Å². The van der Waals surface area contributed by atoms with Gasteiger partial charge in [-0.1, -0.05) is 30.0 Å². The molecular formula is C19H22N6O4S. The Kier molecular flexibility index (Phi) is 6.00. The van der Waals surface area contributed by atoms with Crippen LogP contribution in [0.15, 0.2) is 40.2 Å². The quantitative estimate of drug-likeness (QED) is 0.676. The van der Waals surface area contributed by atoms with Gasteiger partial charge >= 0.3 is 5.69 Å². The Labute approximate surface area is 176 Å². The summed E-state index contributed by atoms with van der Waals surface area (Å²) in [5.41, 5.74) is 2.74. The van der Waals surface area contributed by atoms with Crippen LogP contribution in [0.1, 0.15) is 18.7 Å². The molecule has 1 N–H and O–H groups in total. The lowest BCUT2D eigenvalue weighted by atomic mass is 10.2. The molecule has 2 aliphatic rings. The number of para-hydroxylation sites is 1. The number of amidine groups is 1. The summed E-state index contributed by atoms with van der Waals surface area (Å²) < 4.78 is 8.22. The summed E-state index contributed by atoms with van der Waals surface area (Å²) >= 11 is 1.24. The molecular weight excluding hydrogens is 408 g/mol. The predicted octanol–water partition coefficient (Wildman–Crippen LogP) is 0.699. The molecule has 158 valence electrons. The number of thioether (sulfide) groups is 1. The van der Waals surface area contributed by atoms with Gasteiger partial charge in [0, 0.05) is 6.61 Å². The number of ether oxygens (including phenoxy) is 1. The fourth-order valence-electron chi connectivity index (χ4n) is 3.41. The molecule has 0 bridgehead atoms. The average molecular weight is 430 g/mol. The maximum absolute atomic E-state index is 12.6.